The predicted molar refractivity (Wildman–Crippen MR) is 118 cm³/mol. The van der Waals surface area contributed by atoms with Gasteiger partial charge in [-0.2, -0.15) is 0 Å². The van der Waals surface area contributed by atoms with E-state index in [0.717, 1.165) is 12.8 Å². The standard InChI is InChI=1S/C21H22BrFN4O2S/c1-21(20-16(23)9-10-18(22)25-20)14-30(29)24-11-5-6-12-27(30)19(26-21)13-17(28)15-7-3-2-4-8-15/h2-4,7-10H,5-6,11-14H2,1H3/t21-,30-/m0/s1. The van der Waals surface area contributed by atoms with Crippen LogP contribution in [0.25, 0.3) is 0 Å². The van der Waals surface area contributed by atoms with Gasteiger partial charge >= 0.3 is 0 Å². The van der Waals surface area contributed by atoms with Gasteiger partial charge in [-0.15, -0.1) is 0 Å². The van der Waals surface area contributed by atoms with E-state index in [9.17, 15) is 13.4 Å². The third kappa shape index (κ3) is 4.05. The summed E-state index contributed by atoms with van der Waals surface area (Å²) in [7, 11) is -2.88. The number of benzene rings is 1. The number of aromatic nitrogens is 1. The van der Waals surface area contributed by atoms with Crippen molar-refractivity contribution in [2.24, 2.45) is 9.36 Å². The highest BCUT2D eigenvalue weighted by atomic mass is 79.9. The summed E-state index contributed by atoms with van der Waals surface area (Å²) >= 11 is 3.28. The molecule has 0 spiro atoms. The fourth-order valence-electron chi connectivity index (χ4n) is 3.86. The summed E-state index contributed by atoms with van der Waals surface area (Å²) in [6.45, 7) is 2.69. The number of carbonyl (C=O) groups excluding carboxylic acids is 1. The van der Waals surface area contributed by atoms with Crippen molar-refractivity contribution in [1.82, 2.24) is 9.29 Å². The van der Waals surface area contributed by atoms with Crippen molar-refractivity contribution in [2.75, 3.05) is 18.8 Å². The summed E-state index contributed by atoms with van der Waals surface area (Å²) in [5.74, 6) is -0.242. The molecule has 6 nitrogen and oxygen atoms in total. The zero-order chi connectivity index (χ0) is 21.4. The first-order chi connectivity index (χ1) is 14.3. The Morgan fingerprint density at radius 3 is 2.77 bits per heavy atom. The monoisotopic (exact) mass is 492 g/mol. The van der Waals surface area contributed by atoms with E-state index in [4.69, 9.17) is 4.99 Å². The van der Waals surface area contributed by atoms with E-state index >= 15 is 0 Å². The minimum atomic E-state index is -2.88. The molecule has 2 aliphatic heterocycles. The summed E-state index contributed by atoms with van der Waals surface area (Å²) in [5, 5.41) is 0. The van der Waals surface area contributed by atoms with Crippen molar-refractivity contribution in [3.63, 3.8) is 0 Å². The number of rotatable bonds is 4. The fraction of sp³-hybridized carbons (Fsp3) is 0.381. The molecule has 0 N–H and O–H groups in total. The smallest absolute Gasteiger partial charge is 0.170 e. The Hall–Kier alpha value is -2.13. The van der Waals surface area contributed by atoms with E-state index in [1.54, 1.807) is 35.5 Å². The van der Waals surface area contributed by atoms with Gasteiger partial charge in [-0.1, -0.05) is 30.3 Å². The molecule has 3 heterocycles. The number of nitrogens with zero attached hydrogens (tertiary/aromatic N) is 4. The normalized spacial score (nSPS) is 26.2. The van der Waals surface area contributed by atoms with Gasteiger partial charge in [0.25, 0.3) is 0 Å². The minimum Gasteiger partial charge on any atom is -0.294 e. The Labute approximate surface area is 184 Å². The quantitative estimate of drug-likeness (QED) is 0.469. The highest BCUT2D eigenvalue weighted by molar-refractivity contribution is 9.10. The van der Waals surface area contributed by atoms with Gasteiger partial charge in [0.1, 0.15) is 37.4 Å². The SMILES string of the molecule is C[C@@]1(c2nc(Br)ccc2F)C[S@]2(=O)=NCCCCN2C(CC(=O)c2ccccc2)=N1. The average molecular weight is 493 g/mol. The van der Waals surface area contributed by atoms with Crippen molar-refractivity contribution < 1.29 is 13.4 Å². The van der Waals surface area contributed by atoms with Crippen LogP contribution >= 0.6 is 15.9 Å². The maximum Gasteiger partial charge on any atom is 0.170 e. The van der Waals surface area contributed by atoms with E-state index in [0.29, 0.717) is 29.1 Å². The number of aliphatic imine (C=N–C) groups is 1. The number of ketones is 1. The van der Waals surface area contributed by atoms with E-state index in [-0.39, 0.29) is 23.7 Å². The number of carbonyl (C=O) groups is 1. The second-order valence-corrected chi connectivity index (χ2v) is 10.7. The molecule has 9 heteroatoms. The molecular weight excluding hydrogens is 471 g/mol. The predicted octanol–water partition coefficient (Wildman–Crippen LogP) is 4.36. The number of fused-ring (bicyclic) bond motifs is 1. The highest BCUT2D eigenvalue weighted by Gasteiger charge is 2.44. The van der Waals surface area contributed by atoms with Crippen molar-refractivity contribution in [3.8, 4) is 0 Å². The molecule has 1 aromatic heterocycles. The summed E-state index contributed by atoms with van der Waals surface area (Å²) in [6, 6.07) is 11.7. The molecule has 0 unspecified atom stereocenters. The molecule has 0 saturated heterocycles. The van der Waals surface area contributed by atoms with Gasteiger partial charge in [0.15, 0.2) is 5.78 Å². The maximum atomic E-state index is 14.7. The first-order valence-corrected chi connectivity index (χ1v) is 12.2. The van der Waals surface area contributed by atoms with Crippen LogP contribution in [0.2, 0.25) is 0 Å². The number of amidine groups is 1. The second-order valence-electron chi connectivity index (χ2n) is 7.65. The third-order valence-electron chi connectivity index (χ3n) is 5.28. The van der Waals surface area contributed by atoms with E-state index in [1.807, 2.05) is 6.07 Å². The molecule has 0 saturated carbocycles. The van der Waals surface area contributed by atoms with Gasteiger partial charge < -0.3 is 0 Å². The molecule has 1 aromatic carbocycles. The van der Waals surface area contributed by atoms with E-state index in [1.165, 1.54) is 12.1 Å². The topological polar surface area (TPSA) is 75.0 Å². The lowest BCUT2D eigenvalue weighted by atomic mass is 9.99. The first kappa shape index (κ1) is 21.1. The molecule has 4 rings (SSSR count). The van der Waals surface area contributed by atoms with Crippen LogP contribution in [0.1, 0.15) is 42.2 Å². The molecule has 0 bridgehead atoms. The third-order valence-corrected chi connectivity index (χ3v) is 8.32. The fourth-order valence-corrected chi connectivity index (χ4v) is 6.75. The number of hydrogen-bond acceptors (Lipinski definition) is 5. The van der Waals surface area contributed by atoms with Gasteiger partial charge in [0.2, 0.25) is 0 Å². The zero-order valence-corrected chi connectivity index (χ0v) is 19.0. The second kappa shape index (κ2) is 8.19. The molecule has 2 aliphatic rings. The zero-order valence-electron chi connectivity index (χ0n) is 16.6. The first-order valence-electron chi connectivity index (χ1n) is 9.79. The number of pyridine rings is 1. The summed E-state index contributed by atoms with van der Waals surface area (Å²) in [6.07, 6.45) is 1.59. The molecule has 0 amide bonds. The lowest BCUT2D eigenvalue weighted by Gasteiger charge is -2.39. The molecule has 2 aromatic rings. The van der Waals surface area contributed by atoms with Gasteiger partial charge in [-0.3, -0.25) is 14.1 Å². The Balaban J connectivity index is 1.83. The van der Waals surface area contributed by atoms with Gasteiger partial charge in [0, 0.05) is 12.1 Å². The Bertz CT molecular complexity index is 1130. The summed E-state index contributed by atoms with van der Waals surface area (Å²) in [4.78, 5) is 22.0. The number of Topliss-reactive ketones (excluding diaryl/α,β-unsaturated/α-hetero) is 1. The molecule has 0 radical (unpaired) electrons. The lowest BCUT2D eigenvalue weighted by molar-refractivity contribution is 0.0998. The number of halogens is 2. The van der Waals surface area contributed by atoms with Crippen molar-refractivity contribution in [1.29, 1.82) is 0 Å². The molecule has 2 atom stereocenters. The maximum absolute atomic E-state index is 14.7. The molecule has 0 fully saturated rings. The lowest BCUT2D eigenvalue weighted by Crippen LogP contribution is -2.50. The summed E-state index contributed by atoms with van der Waals surface area (Å²) < 4.78 is 35.3. The van der Waals surface area contributed by atoms with Crippen LogP contribution in [0.5, 0.6) is 0 Å². The van der Waals surface area contributed by atoms with Crippen LogP contribution in [0.3, 0.4) is 0 Å². The average Bonchev–Trinajstić information content (AvgIpc) is 2.91. The van der Waals surface area contributed by atoms with Gasteiger partial charge in [-0.25, -0.2) is 17.9 Å². The van der Waals surface area contributed by atoms with Crippen LogP contribution in [0.4, 0.5) is 4.39 Å². The van der Waals surface area contributed by atoms with E-state index < -0.39 is 21.3 Å². The highest BCUT2D eigenvalue weighted by Crippen LogP contribution is 2.36. The van der Waals surface area contributed by atoms with Gasteiger partial charge in [-0.05, 0) is 47.8 Å². The van der Waals surface area contributed by atoms with Crippen LogP contribution < -0.4 is 0 Å². The van der Waals surface area contributed by atoms with E-state index in [2.05, 4.69) is 25.3 Å². The van der Waals surface area contributed by atoms with Crippen LogP contribution in [-0.2, 0) is 15.5 Å². The molecule has 30 heavy (non-hydrogen) atoms. The summed E-state index contributed by atoms with van der Waals surface area (Å²) in [5.41, 5.74) is -0.539. The number of hydrogen-bond donors (Lipinski definition) is 0. The van der Waals surface area contributed by atoms with Crippen LogP contribution in [0.15, 0.2) is 56.4 Å². The van der Waals surface area contributed by atoms with Crippen LogP contribution in [0, 0.1) is 5.82 Å². The van der Waals surface area contributed by atoms with Crippen molar-refractivity contribution >= 4 is 37.5 Å². The minimum absolute atomic E-state index is 0.0261. The molecule has 158 valence electrons. The Morgan fingerprint density at radius 2 is 2.00 bits per heavy atom. The van der Waals surface area contributed by atoms with Crippen molar-refractivity contribution in [2.45, 2.75) is 31.7 Å². The Morgan fingerprint density at radius 1 is 1.23 bits per heavy atom. The van der Waals surface area contributed by atoms with Crippen LogP contribution in [-0.4, -0.2) is 44.0 Å². The molecular formula is C21H22BrFN4O2S. The molecule has 0 aliphatic carbocycles. The largest absolute Gasteiger partial charge is 0.294 e. The van der Waals surface area contributed by atoms with Crippen molar-refractivity contribution in [3.05, 3.63) is 64.1 Å². The van der Waals surface area contributed by atoms with Gasteiger partial charge in [0.05, 0.1) is 18.7 Å². The Kier molecular flexibility index (Phi) is 5.76.